The third kappa shape index (κ3) is 5.04. The number of halogens is 4. The summed E-state index contributed by atoms with van der Waals surface area (Å²) in [6.07, 6.45) is -1.94. The Morgan fingerprint density at radius 3 is 2.57 bits per heavy atom. The molecule has 9 heteroatoms. The van der Waals surface area contributed by atoms with Crippen molar-refractivity contribution in [2.75, 3.05) is 6.61 Å². The van der Waals surface area contributed by atoms with Gasteiger partial charge in [0.05, 0.1) is 11.8 Å². The molecule has 0 spiro atoms. The lowest BCUT2D eigenvalue weighted by molar-refractivity contribution is -0.154. The number of carbonyl (C=O) groups is 1. The monoisotopic (exact) mass is 410 g/mol. The summed E-state index contributed by atoms with van der Waals surface area (Å²) in [7, 11) is 0. The van der Waals surface area contributed by atoms with Crippen LogP contribution < -0.4 is 10.1 Å². The summed E-state index contributed by atoms with van der Waals surface area (Å²) in [6, 6.07) is 13.2. The third-order valence-electron chi connectivity index (χ3n) is 3.68. The van der Waals surface area contributed by atoms with Crippen molar-refractivity contribution in [3.8, 4) is 5.88 Å². The highest BCUT2D eigenvalue weighted by Gasteiger charge is 2.29. The molecule has 1 aromatic carbocycles. The number of furan rings is 1. The van der Waals surface area contributed by atoms with E-state index in [1.54, 1.807) is 12.1 Å². The summed E-state index contributed by atoms with van der Waals surface area (Å²) in [5.41, 5.74) is 0.854. The number of alkyl halides is 3. The number of hydrogen-bond donors (Lipinski definition) is 1. The number of benzene rings is 1. The molecule has 0 bridgehead atoms. The Balaban J connectivity index is 1.78. The molecule has 0 saturated heterocycles. The van der Waals surface area contributed by atoms with E-state index in [2.05, 4.69) is 15.0 Å². The zero-order chi connectivity index (χ0) is 20.1. The summed E-state index contributed by atoms with van der Waals surface area (Å²) >= 11 is 5.90. The van der Waals surface area contributed by atoms with Crippen molar-refractivity contribution in [3.05, 3.63) is 82.9 Å². The number of ether oxygens (including phenoxy) is 1. The number of pyridine rings is 1. The second-order valence-electron chi connectivity index (χ2n) is 5.75. The van der Waals surface area contributed by atoms with E-state index in [4.69, 9.17) is 16.0 Å². The fourth-order valence-corrected chi connectivity index (χ4v) is 2.66. The van der Waals surface area contributed by atoms with Crippen LogP contribution in [0.1, 0.15) is 27.7 Å². The molecule has 0 aliphatic heterocycles. The first-order valence-corrected chi connectivity index (χ1v) is 8.45. The largest absolute Gasteiger partial charge is 0.467 e. The van der Waals surface area contributed by atoms with Gasteiger partial charge in [0.15, 0.2) is 6.61 Å². The van der Waals surface area contributed by atoms with Crippen LogP contribution in [0.15, 0.2) is 65.4 Å². The van der Waals surface area contributed by atoms with Crippen LogP contribution in [0.25, 0.3) is 0 Å². The van der Waals surface area contributed by atoms with Gasteiger partial charge in [0.1, 0.15) is 16.8 Å². The van der Waals surface area contributed by atoms with Crippen LogP contribution in [0.3, 0.4) is 0 Å². The van der Waals surface area contributed by atoms with Crippen molar-refractivity contribution >= 4 is 17.5 Å². The molecule has 0 aliphatic carbocycles. The molecule has 3 aromatic rings. The van der Waals surface area contributed by atoms with Gasteiger partial charge in [0.25, 0.3) is 5.91 Å². The minimum Gasteiger partial charge on any atom is -0.467 e. The maximum absolute atomic E-state index is 12.6. The Hall–Kier alpha value is -3.00. The number of hydrogen-bond acceptors (Lipinski definition) is 4. The van der Waals surface area contributed by atoms with Crippen LogP contribution in [-0.2, 0) is 0 Å². The van der Waals surface area contributed by atoms with E-state index in [-0.39, 0.29) is 10.6 Å². The van der Waals surface area contributed by atoms with E-state index >= 15 is 0 Å². The predicted octanol–water partition coefficient (Wildman–Crippen LogP) is 4.79. The molecule has 0 radical (unpaired) electrons. The number of aromatic nitrogens is 1. The van der Waals surface area contributed by atoms with Crippen molar-refractivity contribution in [1.29, 1.82) is 0 Å². The molecular formula is C19H14ClF3N2O3. The van der Waals surface area contributed by atoms with Gasteiger partial charge in [-0.1, -0.05) is 41.9 Å². The van der Waals surface area contributed by atoms with Gasteiger partial charge in [-0.05, 0) is 23.8 Å². The Labute approximate surface area is 163 Å². The van der Waals surface area contributed by atoms with Gasteiger partial charge < -0.3 is 14.5 Å². The average molecular weight is 411 g/mol. The second kappa shape index (κ2) is 8.35. The highest BCUT2D eigenvalue weighted by Crippen LogP contribution is 2.26. The topological polar surface area (TPSA) is 64.4 Å². The number of rotatable bonds is 6. The van der Waals surface area contributed by atoms with Crippen molar-refractivity contribution in [2.24, 2.45) is 0 Å². The summed E-state index contributed by atoms with van der Waals surface area (Å²) in [5.74, 6) is -0.410. The molecule has 1 amide bonds. The minimum absolute atomic E-state index is 0.0665. The average Bonchev–Trinajstić information content (AvgIpc) is 3.19. The molecule has 2 aromatic heterocycles. The van der Waals surface area contributed by atoms with E-state index in [0.29, 0.717) is 5.76 Å². The number of nitrogens with one attached hydrogen (secondary N) is 1. The van der Waals surface area contributed by atoms with Gasteiger partial charge in [-0.3, -0.25) is 4.79 Å². The zero-order valence-electron chi connectivity index (χ0n) is 14.2. The van der Waals surface area contributed by atoms with Crippen molar-refractivity contribution in [2.45, 2.75) is 12.2 Å². The van der Waals surface area contributed by atoms with Crippen LogP contribution in [0.5, 0.6) is 5.88 Å². The first-order chi connectivity index (χ1) is 13.3. The molecule has 1 N–H and O–H groups in total. The molecule has 0 saturated carbocycles. The first kappa shape index (κ1) is 19.8. The maximum Gasteiger partial charge on any atom is 0.422 e. The van der Waals surface area contributed by atoms with Gasteiger partial charge in [0.2, 0.25) is 5.88 Å². The first-order valence-electron chi connectivity index (χ1n) is 8.08. The lowest BCUT2D eigenvalue weighted by Crippen LogP contribution is -2.29. The third-order valence-corrected chi connectivity index (χ3v) is 3.95. The highest BCUT2D eigenvalue weighted by molar-refractivity contribution is 6.32. The molecule has 0 aliphatic rings. The van der Waals surface area contributed by atoms with E-state index in [1.165, 1.54) is 12.3 Å². The zero-order valence-corrected chi connectivity index (χ0v) is 15.0. The Morgan fingerprint density at radius 1 is 1.21 bits per heavy atom. The van der Waals surface area contributed by atoms with Crippen molar-refractivity contribution in [3.63, 3.8) is 0 Å². The highest BCUT2D eigenvalue weighted by atomic mass is 35.5. The summed E-state index contributed by atoms with van der Waals surface area (Å²) in [4.78, 5) is 16.3. The molecule has 28 heavy (non-hydrogen) atoms. The van der Waals surface area contributed by atoms with Crippen LogP contribution >= 0.6 is 11.6 Å². The van der Waals surface area contributed by atoms with Crippen LogP contribution in [0.2, 0.25) is 5.02 Å². The number of carbonyl (C=O) groups excluding carboxylic acids is 1. The van der Waals surface area contributed by atoms with Crippen LogP contribution in [-0.4, -0.2) is 23.7 Å². The molecule has 1 unspecified atom stereocenters. The molecule has 0 fully saturated rings. The van der Waals surface area contributed by atoms with Gasteiger partial charge in [0, 0.05) is 6.20 Å². The van der Waals surface area contributed by atoms with E-state index < -0.39 is 30.6 Å². The summed E-state index contributed by atoms with van der Waals surface area (Å²) in [6.45, 7) is -1.53. The molecule has 3 rings (SSSR count). The van der Waals surface area contributed by atoms with Gasteiger partial charge in [-0.15, -0.1) is 0 Å². The lowest BCUT2D eigenvalue weighted by atomic mass is 10.0. The number of nitrogens with zero attached hydrogens (tertiary/aromatic N) is 1. The molecule has 2 heterocycles. The SMILES string of the molecule is O=C(NC(c1ccccc1)c1ccco1)c1cnc(OCC(F)(F)F)c(Cl)c1. The fourth-order valence-electron chi connectivity index (χ4n) is 2.44. The van der Waals surface area contributed by atoms with Gasteiger partial charge in [-0.25, -0.2) is 4.98 Å². The van der Waals surface area contributed by atoms with Crippen LogP contribution in [0, 0.1) is 0 Å². The number of amides is 1. The smallest absolute Gasteiger partial charge is 0.422 e. The standard InChI is InChI=1S/C19H14ClF3N2O3/c20-14-9-13(10-24-18(14)28-11-19(21,22)23)17(26)25-16(15-7-4-8-27-15)12-5-2-1-3-6-12/h1-10,16H,11H2,(H,25,26). The second-order valence-corrected chi connectivity index (χ2v) is 6.15. The quantitative estimate of drug-likeness (QED) is 0.634. The van der Waals surface area contributed by atoms with Crippen molar-refractivity contribution < 1.29 is 27.1 Å². The Morgan fingerprint density at radius 2 is 1.96 bits per heavy atom. The fraction of sp³-hybridized carbons (Fsp3) is 0.158. The Kier molecular flexibility index (Phi) is 5.89. The summed E-state index contributed by atoms with van der Waals surface area (Å²) < 4.78 is 46.7. The van der Waals surface area contributed by atoms with E-state index in [0.717, 1.165) is 11.8 Å². The Bertz CT molecular complexity index is 931. The van der Waals surface area contributed by atoms with Gasteiger partial charge >= 0.3 is 6.18 Å². The van der Waals surface area contributed by atoms with E-state index in [1.807, 2.05) is 30.3 Å². The molecular weight excluding hydrogens is 397 g/mol. The normalized spacial score (nSPS) is 12.4. The summed E-state index contributed by atoms with van der Waals surface area (Å²) in [5, 5.41) is 2.60. The predicted molar refractivity (Wildman–Crippen MR) is 95.3 cm³/mol. The van der Waals surface area contributed by atoms with Crippen molar-refractivity contribution in [1.82, 2.24) is 10.3 Å². The van der Waals surface area contributed by atoms with Crippen LogP contribution in [0.4, 0.5) is 13.2 Å². The molecule has 1 atom stereocenters. The van der Waals surface area contributed by atoms with Gasteiger partial charge in [-0.2, -0.15) is 13.2 Å². The minimum atomic E-state index is -4.52. The maximum atomic E-state index is 12.6. The molecule has 5 nitrogen and oxygen atoms in total. The lowest BCUT2D eigenvalue weighted by Gasteiger charge is -2.17. The molecule has 146 valence electrons. The van der Waals surface area contributed by atoms with E-state index in [9.17, 15) is 18.0 Å².